The Balaban J connectivity index is 1.76. The Kier molecular flexibility index (Phi) is 2.08. The molecule has 0 aromatic heterocycles. The summed E-state index contributed by atoms with van der Waals surface area (Å²) in [5.74, 6) is 0.405. The zero-order valence-corrected chi connectivity index (χ0v) is 8.32. The summed E-state index contributed by atoms with van der Waals surface area (Å²) >= 11 is 0. The maximum absolute atomic E-state index is 5.63. The first kappa shape index (κ1) is 9.03. The van der Waals surface area contributed by atoms with Crippen LogP contribution in [-0.4, -0.2) is 24.6 Å². The Morgan fingerprint density at radius 2 is 2.15 bits per heavy atom. The lowest BCUT2D eigenvalue weighted by atomic mass is 9.97. The molecule has 0 aromatic rings. The summed E-state index contributed by atoms with van der Waals surface area (Å²) < 4.78 is 16.2. The summed E-state index contributed by atoms with van der Waals surface area (Å²) in [5, 5.41) is 0. The van der Waals surface area contributed by atoms with Crippen molar-refractivity contribution < 1.29 is 14.2 Å². The van der Waals surface area contributed by atoms with Gasteiger partial charge in [-0.2, -0.15) is 0 Å². The molecular formula is C10H16O3. The second kappa shape index (κ2) is 3.00. The van der Waals surface area contributed by atoms with Crippen LogP contribution in [0, 0.1) is 5.92 Å². The molecule has 1 fully saturated rings. The molecule has 0 N–H and O–H groups in total. The fourth-order valence-electron chi connectivity index (χ4n) is 1.47. The topological polar surface area (TPSA) is 27.7 Å². The first-order chi connectivity index (χ1) is 6.06. The Morgan fingerprint density at radius 1 is 1.38 bits per heavy atom. The number of rotatable bonds is 2. The highest BCUT2D eigenvalue weighted by Gasteiger charge is 2.45. The molecule has 1 saturated heterocycles. The summed E-state index contributed by atoms with van der Waals surface area (Å²) in [6.45, 7) is 6.79. The van der Waals surface area contributed by atoms with E-state index in [0.29, 0.717) is 12.5 Å². The first-order valence-electron chi connectivity index (χ1n) is 4.68. The van der Waals surface area contributed by atoms with Crippen molar-refractivity contribution in [3.05, 3.63) is 12.3 Å². The molecule has 0 aliphatic carbocycles. The van der Waals surface area contributed by atoms with Gasteiger partial charge in [-0.05, 0) is 26.8 Å². The van der Waals surface area contributed by atoms with Gasteiger partial charge in [0.25, 0.3) is 0 Å². The molecule has 0 spiro atoms. The van der Waals surface area contributed by atoms with Crippen LogP contribution in [0.2, 0.25) is 0 Å². The van der Waals surface area contributed by atoms with Gasteiger partial charge in [-0.15, -0.1) is 0 Å². The van der Waals surface area contributed by atoms with Gasteiger partial charge in [-0.1, -0.05) is 0 Å². The molecule has 0 radical (unpaired) electrons. The van der Waals surface area contributed by atoms with Crippen LogP contribution in [0.5, 0.6) is 0 Å². The van der Waals surface area contributed by atoms with E-state index in [-0.39, 0.29) is 18.0 Å². The predicted molar refractivity (Wildman–Crippen MR) is 48.1 cm³/mol. The highest BCUT2D eigenvalue weighted by molar-refractivity contribution is 5.02. The third kappa shape index (κ3) is 1.86. The summed E-state index contributed by atoms with van der Waals surface area (Å²) in [5.41, 5.74) is -0.0857. The zero-order chi connectivity index (χ0) is 9.47. The van der Waals surface area contributed by atoms with Crippen LogP contribution in [0.3, 0.4) is 0 Å². The lowest BCUT2D eigenvalue weighted by Gasteiger charge is -2.39. The van der Waals surface area contributed by atoms with Gasteiger partial charge in [0.05, 0.1) is 30.5 Å². The van der Waals surface area contributed by atoms with E-state index in [1.165, 1.54) is 0 Å². The largest absolute Gasteiger partial charge is 0.472 e. The third-order valence-electron chi connectivity index (χ3n) is 2.25. The Morgan fingerprint density at radius 3 is 2.77 bits per heavy atom. The van der Waals surface area contributed by atoms with Gasteiger partial charge in [-0.25, -0.2) is 0 Å². The molecule has 2 rings (SSSR count). The molecule has 0 saturated carbocycles. The molecule has 3 nitrogen and oxygen atoms in total. The molecule has 3 heteroatoms. The SMILES string of the molecule is CC(C)(C)OCC1OC2OC=CC12. The molecular weight excluding hydrogens is 168 g/mol. The molecule has 3 atom stereocenters. The van der Waals surface area contributed by atoms with Gasteiger partial charge >= 0.3 is 0 Å². The fourth-order valence-corrected chi connectivity index (χ4v) is 1.47. The van der Waals surface area contributed by atoms with Crippen LogP contribution >= 0.6 is 0 Å². The van der Waals surface area contributed by atoms with Crippen molar-refractivity contribution in [2.45, 2.75) is 38.8 Å². The average molecular weight is 184 g/mol. The number of fused-ring (bicyclic) bond motifs is 1. The van der Waals surface area contributed by atoms with Gasteiger partial charge in [0.15, 0.2) is 0 Å². The van der Waals surface area contributed by atoms with Crippen molar-refractivity contribution in [3.63, 3.8) is 0 Å². The molecule has 2 heterocycles. The van der Waals surface area contributed by atoms with Crippen LogP contribution in [0.1, 0.15) is 20.8 Å². The van der Waals surface area contributed by atoms with Gasteiger partial charge < -0.3 is 14.2 Å². The maximum atomic E-state index is 5.63. The minimum atomic E-state index is -0.0857. The summed E-state index contributed by atoms with van der Waals surface area (Å²) in [4.78, 5) is 0. The molecule has 2 aliphatic rings. The maximum Gasteiger partial charge on any atom is 0.208 e. The predicted octanol–water partition coefficient (Wildman–Crippen LogP) is 1.69. The Labute approximate surface area is 78.7 Å². The van der Waals surface area contributed by atoms with Gasteiger partial charge in [0.2, 0.25) is 6.29 Å². The van der Waals surface area contributed by atoms with Crippen LogP contribution in [0.4, 0.5) is 0 Å². The second-order valence-corrected chi connectivity index (χ2v) is 4.51. The number of ether oxygens (including phenoxy) is 3. The molecule has 74 valence electrons. The first-order valence-corrected chi connectivity index (χ1v) is 4.68. The van der Waals surface area contributed by atoms with Crippen LogP contribution < -0.4 is 0 Å². The minimum Gasteiger partial charge on any atom is -0.472 e. The van der Waals surface area contributed by atoms with E-state index in [1.54, 1.807) is 6.26 Å². The van der Waals surface area contributed by atoms with Crippen LogP contribution in [-0.2, 0) is 14.2 Å². The van der Waals surface area contributed by atoms with Crippen molar-refractivity contribution in [3.8, 4) is 0 Å². The third-order valence-corrected chi connectivity index (χ3v) is 2.25. The molecule has 13 heavy (non-hydrogen) atoms. The number of hydrogen-bond acceptors (Lipinski definition) is 3. The van der Waals surface area contributed by atoms with Crippen molar-refractivity contribution >= 4 is 0 Å². The van der Waals surface area contributed by atoms with Crippen LogP contribution in [0.15, 0.2) is 12.3 Å². The molecule has 0 amide bonds. The summed E-state index contributed by atoms with van der Waals surface area (Å²) in [6.07, 6.45) is 3.91. The van der Waals surface area contributed by atoms with Crippen LogP contribution in [0.25, 0.3) is 0 Å². The highest BCUT2D eigenvalue weighted by Crippen LogP contribution is 2.35. The van der Waals surface area contributed by atoms with E-state index in [2.05, 4.69) is 0 Å². The quantitative estimate of drug-likeness (QED) is 0.653. The number of hydrogen-bond donors (Lipinski definition) is 0. The lowest BCUT2D eigenvalue weighted by molar-refractivity contribution is -0.272. The Bertz CT molecular complexity index is 217. The smallest absolute Gasteiger partial charge is 0.208 e. The monoisotopic (exact) mass is 184 g/mol. The van der Waals surface area contributed by atoms with Crippen molar-refractivity contribution in [2.75, 3.05) is 6.61 Å². The van der Waals surface area contributed by atoms with Gasteiger partial charge in [0.1, 0.15) is 0 Å². The van der Waals surface area contributed by atoms with Crippen molar-refractivity contribution in [2.24, 2.45) is 5.92 Å². The molecule has 3 unspecified atom stereocenters. The van der Waals surface area contributed by atoms with E-state index in [1.807, 2.05) is 26.8 Å². The molecule has 0 aromatic carbocycles. The summed E-state index contributed by atoms with van der Waals surface area (Å²) in [7, 11) is 0. The van der Waals surface area contributed by atoms with E-state index in [9.17, 15) is 0 Å². The highest BCUT2D eigenvalue weighted by atomic mass is 16.7. The minimum absolute atomic E-state index is 0.0337. The van der Waals surface area contributed by atoms with Crippen molar-refractivity contribution in [1.29, 1.82) is 0 Å². The fraction of sp³-hybridized carbons (Fsp3) is 0.800. The lowest BCUT2D eigenvalue weighted by Crippen LogP contribution is -2.49. The van der Waals surface area contributed by atoms with E-state index in [4.69, 9.17) is 14.2 Å². The molecule has 0 bridgehead atoms. The summed E-state index contributed by atoms with van der Waals surface area (Å²) in [6, 6.07) is 0. The van der Waals surface area contributed by atoms with E-state index < -0.39 is 0 Å². The zero-order valence-electron chi connectivity index (χ0n) is 8.32. The second-order valence-electron chi connectivity index (χ2n) is 4.51. The Hall–Kier alpha value is -0.540. The van der Waals surface area contributed by atoms with Crippen molar-refractivity contribution in [1.82, 2.24) is 0 Å². The van der Waals surface area contributed by atoms with Gasteiger partial charge in [-0.3, -0.25) is 0 Å². The average Bonchev–Trinajstić information content (AvgIpc) is 2.30. The standard InChI is InChI=1S/C10H16O3/c1-10(2,3)12-6-8-7-4-5-11-9(7)13-8/h4-5,7-9H,6H2,1-3H3. The van der Waals surface area contributed by atoms with E-state index >= 15 is 0 Å². The van der Waals surface area contributed by atoms with Gasteiger partial charge in [0, 0.05) is 0 Å². The van der Waals surface area contributed by atoms with E-state index in [0.717, 1.165) is 0 Å². The molecule has 2 aliphatic heterocycles. The normalized spacial score (nSPS) is 36.7.